The first-order valence-electron chi connectivity index (χ1n) is 6.56. The topological polar surface area (TPSA) is 38.5 Å². The SMILES string of the molecule is Cc1ccc(CN2CCOc3ccccc32)c(N)c1. The van der Waals surface area contributed by atoms with Crippen LogP contribution in [-0.4, -0.2) is 13.2 Å². The van der Waals surface area contributed by atoms with Crippen LogP contribution in [0.25, 0.3) is 0 Å². The molecule has 0 atom stereocenters. The summed E-state index contributed by atoms with van der Waals surface area (Å²) in [5.41, 5.74) is 10.5. The van der Waals surface area contributed by atoms with E-state index in [2.05, 4.69) is 30.0 Å². The maximum Gasteiger partial charge on any atom is 0.142 e. The number of benzene rings is 2. The van der Waals surface area contributed by atoms with Gasteiger partial charge in [0.25, 0.3) is 0 Å². The van der Waals surface area contributed by atoms with Crippen molar-refractivity contribution in [1.82, 2.24) is 0 Å². The van der Waals surface area contributed by atoms with E-state index in [-0.39, 0.29) is 0 Å². The first-order chi connectivity index (χ1) is 9.24. The molecule has 19 heavy (non-hydrogen) atoms. The molecule has 0 saturated heterocycles. The van der Waals surface area contributed by atoms with Crippen molar-refractivity contribution in [2.75, 3.05) is 23.8 Å². The molecule has 2 aromatic carbocycles. The molecule has 0 saturated carbocycles. The van der Waals surface area contributed by atoms with Gasteiger partial charge in [0, 0.05) is 12.2 Å². The predicted molar refractivity (Wildman–Crippen MR) is 78.6 cm³/mol. The number of para-hydroxylation sites is 2. The van der Waals surface area contributed by atoms with Crippen molar-refractivity contribution in [3.05, 3.63) is 53.6 Å². The zero-order valence-electron chi connectivity index (χ0n) is 11.1. The van der Waals surface area contributed by atoms with Gasteiger partial charge in [0.2, 0.25) is 0 Å². The van der Waals surface area contributed by atoms with E-state index in [9.17, 15) is 0 Å². The molecule has 3 heteroatoms. The summed E-state index contributed by atoms with van der Waals surface area (Å²) in [5, 5.41) is 0. The van der Waals surface area contributed by atoms with Crippen LogP contribution in [0.4, 0.5) is 11.4 Å². The van der Waals surface area contributed by atoms with Gasteiger partial charge in [-0.05, 0) is 36.2 Å². The number of aryl methyl sites for hydroxylation is 1. The number of ether oxygens (including phenoxy) is 1. The second-order valence-electron chi connectivity index (χ2n) is 4.94. The summed E-state index contributed by atoms with van der Waals surface area (Å²) in [6, 6.07) is 14.4. The molecule has 3 rings (SSSR count). The number of nitrogens with two attached hydrogens (primary N) is 1. The van der Waals surface area contributed by atoms with Crippen LogP contribution >= 0.6 is 0 Å². The van der Waals surface area contributed by atoms with Gasteiger partial charge in [-0.25, -0.2) is 0 Å². The summed E-state index contributed by atoms with van der Waals surface area (Å²) in [4.78, 5) is 2.32. The molecule has 0 aromatic heterocycles. The lowest BCUT2D eigenvalue weighted by atomic mass is 10.1. The number of rotatable bonds is 2. The fourth-order valence-corrected chi connectivity index (χ4v) is 2.45. The third kappa shape index (κ3) is 2.36. The quantitative estimate of drug-likeness (QED) is 0.837. The number of fused-ring (bicyclic) bond motifs is 1. The Balaban J connectivity index is 1.88. The Hall–Kier alpha value is -2.16. The van der Waals surface area contributed by atoms with Crippen LogP contribution in [0.2, 0.25) is 0 Å². The zero-order valence-corrected chi connectivity index (χ0v) is 11.1. The largest absolute Gasteiger partial charge is 0.490 e. The monoisotopic (exact) mass is 254 g/mol. The number of nitrogen functional groups attached to an aromatic ring is 1. The maximum atomic E-state index is 6.10. The second-order valence-corrected chi connectivity index (χ2v) is 4.94. The van der Waals surface area contributed by atoms with Gasteiger partial charge in [-0.2, -0.15) is 0 Å². The average Bonchev–Trinajstić information content (AvgIpc) is 2.42. The van der Waals surface area contributed by atoms with E-state index in [1.807, 2.05) is 24.3 Å². The molecule has 0 amide bonds. The summed E-state index contributed by atoms with van der Waals surface area (Å²) in [6.07, 6.45) is 0. The summed E-state index contributed by atoms with van der Waals surface area (Å²) in [6.45, 7) is 4.50. The molecule has 0 aliphatic carbocycles. The highest BCUT2D eigenvalue weighted by molar-refractivity contribution is 5.61. The molecule has 1 aliphatic heterocycles. The van der Waals surface area contributed by atoms with Gasteiger partial charge in [0.1, 0.15) is 12.4 Å². The Morgan fingerprint density at radius 1 is 1.21 bits per heavy atom. The van der Waals surface area contributed by atoms with Crippen LogP contribution in [0.15, 0.2) is 42.5 Å². The number of nitrogens with zero attached hydrogens (tertiary/aromatic N) is 1. The van der Waals surface area contributed by atoms with E-state index in [1.165, 1.54) is 11.1 Å². The van der Waals surface area contributed by atoms with Crippen LogP contribution in [0.3, 0.4) is 0 Å². The summed E-state index contributed by atoms with van der Waals surface area (Å²) < 4.78 is 5.67. The van der Waals surface area contributed by atoms with Crippen LogP contribution in [0.5, 0.6) is 5.75 Å². The molecule has 1 heterocycles. The molecule has 0 unspecified atom stereocenters. The minimum absolute atomic E-state index is 0.725. The molecule has 2 N–H and O–H groups in total. The maximum absolute atomic E-state index is 6.10. The van der Waals surface area contributed by atoms with E-state index in [1.54, 1.807) is 0 Å². The van der Waals surface area contributed by atoms with E-state index >= 15 is 0 Å². The first kappa shape index (κ1) is 11.9. The average molecular weight is 254 g/mol. The lowest BCUT2D eigenvalue weighted by Crippen LogP contribution is -2.32. The van der Waals surface area contributed by atoms with Crippen LogP contribution < -0.4 is 15.4 Å². The van der Waals surface area contributed by atoms with Gasteiger partial charge in [0.05, 0.1) is 12.2 Å². The van der Waals surface area contributed by atoms with Gasteiger partial charge < -0.3 is 15.4 Å². The lowest BCUT2D eigenvalue weighted by Gasteiger charge is -2.31. The third-order valence-corrected chi connectivity index (χ3v) is 3.49. The van der Waals surface area contributed by atoms with Crippen LogP contribution in [-0.2, 0) is 6.54 Å². The zero-order chi connectivity index (χ0) is 13.2. The third-order valence-electron chi connectivity index (χ3n) is 3.49. The van der Waals surface area contributed by atoms with E-state index in [0.29, 0.717) is 0 Å². The van der Waals surface area contributed by atoms with Crippen molar-refractivity contribution in [1.29, 1.82) is 0 Å². The van der Waals surface area contributed by atoms with E-state index in [4.69, 9.17) is 10.5 Å². The summed E-state index contributed by atoms with van der Waals surface area (Å²) >= 11 is 0. The Morgan fingerprint density at radius 2 is 2.05 bits per heavy atom. The van der Waals surface area contributed by atoms with Gasteiger partial charge in [-0.3, -0.25) is 0 Å². The van der Waals surface area contributed by atoms with Gasteiger partial charge in [0.15, 0.2) is 0 Å². The van der Waals surface area contributed by atoms with Gasteiger partial charge >= 0.3 is 0 Å². The highest BCUT2D eigenvalue weighted by atomic mass is 16.5. The normalized spacial score (nSPS) is 13.8. The number of hydrogen-bond donors (Lipinski definition) is 1. The minimum Gasteiger partial charge on any atom is -0.490 e. The molecule has 3 nitrogen and oxygen atoms in total. The van der Waals surface area contributed by atoms with E-state index in [0.717, 1.165) is 36.8 Å². The Kier molecular flexibility index (Phi) is 3.03. The summed E-state index contributed by atoms with van der Waals surface area (Å²) in [7, 11) is 0. The fraction of sp³-hybridized carbons (Fsp3) is 0.250. The molecule has 1 aliphatic rings. The second kappa shape index (κ2) is 4.84. The van der Waals surface area contributed by atoms with Crippen molar-refractivity contribution in [3.63, 3.8) is 0 Å². The fourth-order valence-electron chi connectivity index (χ4n) is 2.45. The van der Waals surface area contributed by atoms with Gasteiger partial charge in [-0.1, -0.05) is 24.3 Å². The molecule has 0 spiro atoms. The number of hydrogen-bond acceptors (Lipinski definition) is 3. The molecular formula is C16H18N2O. The lowest BCUT2D eigenvalue weighted by molar-refractivity contribution is 0.307. The van der Waals surface area contributed by atoms with Crippen molar-refractivity contribution in [2.24, 2.45) is 0 Å². The van der Waals surface area contributed by atoms with E-state index < -0.39 is 0 Å². The van der Waals surface area contributed by atoms with Crippen LogP contribution in [0, 0.1) is 6.92 Å². The van der Waals surface area contributed by atoms with Gasteiger partial charge in [-0.15, -0.1) is 0 Å². The van der Waals surface area contributed by atoms with Crippen molar-refractivity contribution < 1.29 is 4.74 Å². The smallest absolute Gasteiger partial charge is 0.142 e. The molecule has 0 radical (unpaired) electrons. The molecule has 2 aromatic rings. The molecule has 98 valence electrons. The Bertz CT molecular complexity index is 595. The Morgan fingerprint density at radius 3 is 2.89 bits per heavy atom. The predicted octanol–water partition coefficient (Wildman–Crippen LogP) is 2.98. The molecule has 0 fully saturated rings. The number of anilines is 2. The first-order valence-corrected chi connectivity index (χ1v) is 6.56. The minimum atomic E-state index is 0.725. The Labute approximate surface area is 113 Å². The summed E-state index contributed by atoms with van der Waals surface area (Å²) in [5.74, 6) is 0.958. The van der Waals surface area contributed by atoms with Crippen molar-refractivity contribution >= 4 is 11.4 Å². The van der Waals surface area contributed by atoms with Crippen LogP contribution in [0.1, 0.15) is 11.1 Å². The van der Waals surface area contributed by atoms with Crippen molar-refractivity contribution in [3.8, 4) is 5.75 Å². The highest BCUT2D eigenvalue weighted by Crippen LogP contribution is 2.32. The molecule has 0 bridgehead atoms. The standard InChI is InChI=1S/C16H18N2O/c1-12-6-7-13(14(17)10-12)11-18-8-9-19-16-5-3-2-4-15(16)18/h2-7,10H,8-9,11,17H2,1H3. The highest BCUT2D eigenvalue weighted by Gasteiger charge is 2.18. The molecular weight excluding hydrogens is 236 g/mol. The van der Waals surface area contributed by atoms with Crippen molar-refractivity contribution in [2.45, 2.75) is 13.5 Å².